The first kappa shape index (κ1) is 17.8. The van der Waals surface area contributed by atoms with Gasteiger partial charge >= 0.3 is 0 Å². The van der Waals surface area contributed by atoms with E-state index in [2.05, 4.69) is 5.32 Å². The Morgan fingerprint density at radius 3 is 2.52 bits per heavy atom. The van der Waals surface area contributed by atoms with Crippen molar-refractivity contribution in [3.8, 4) is 5.75 Å². The minimum Gasteiger partial charge on any atom is -0.492 e. The second-order valence-corrected chi connectivity index (χ2v) is 6.82. The fourth-order valence-corrected chi connectivity index (χ4v) is 2.84. The quantitative estimate of drug-likeness (QED) is 0.782. The van der Waals surface area contributed by atoms with E-state index in [4.69, 9.17) is 16.3 Å². The Balaban J connectivity index is 1.60. The highest BCUT2D eigenvalue weighted by atomic mass is 35.5. The summed E-state index contributed by atoms with van der Waals surface area (Å²) in [4.78, 5) is 14.7. The number of halogens is 1. The third-order valence-electron chi connectivity index (χ3n) is 4.25. The van der Waals surface area contributed by atoms with Gasteiger partial charge in [0.05, 0.1) is 0 Å². The van der Waals surface area contributed by atoms with Crippen LogP contribution in [0.1, 0.15) is 24.4 Å². The maximum absolute atomic E-state index is 12.7. The van der Waals surface area contributed by atoms with Crippen LogP contribution in [0.3, 0.4) is 0 Å². The summed E-state index contributed by atoms with van der Waals surface area (Å²) in [5.41, 5.74) is 0.995. The fourth-order valence-electron chi connectivity index (χ4n) is 2.72. The molecule has 25 heavy (non-hydrogen) atoms. The zero-order valence-electron chi connectivity index (χ0n) is 14.3. The summed E-state index contributed by atoms with van der Waals surface area (Å²) >= 11 is 5.88. The molecular weight excluding hydrogens is 336 g/mol. The van der Waals surface area contributed by atoms with Gasteiger partial charge in [0, 0.05) is 17.6 Å². The number of nitrogens with one attached hydrogen (secondary N) is 1. The molecule has 0 bridgehead atoms. The largest absolute Gasteiger partial charge is 0.492 e. The highest BCUT2D eigenvalue weighted by Crippen LogP contribution is 2.24. The van der Waals surface area contributed by atoms with E-state index in [1.165, 1.54) is 0 Å². The van der Waals surface area contributed by atoms with Gasteiger partial charge in [-0.15, -0.1) is 0 Å². The molecular formula is C20H23ClN2O2. The van der Waals surface area contributed by atoms with Crippen LogP contribution in [0.5, 0.6) is 5.75 Å². The van der Waals surface area contributed by atoms with Gasteiger partial charge in [-0.1, -0.05) is 41.9 Å². The Labute approximate surface area is 153 Å². The van der Waals surface area contributed by atoms with E-state index in [0.717, 1.165) is 24.2 Å². The maximum atomic E-state index is 12.7. The number of benzene rings is 2. The number of nitrogens with zero attached hydrogens (tertiary/aromatic N) is 1. The highest BCUT2D eigenvalue weighted by molar-refractivity contribution is 6.30. The molecule has 0 aliphatic heterocycles. The molecule has 2 aromatic rings. The lowest BCUT2D eigenvalue weighted by atomic mass is 10.0. The zero-order valence-corrected chi connectivity index (χ0v) is 15.1. The topological polar surface area (TPSA) is 41.6 Å². The van der Waals surface area contributed by atoms with E-state index >= 15 is 0 Å². The Hall–Kier alpha value is -2.04. The van der Waals surface area contributed by atoms with Crippen molar-refractivity contribution in [1.82, 2.24) is 10.2 Å². The lowest BCUT2D eigenvalue weighted by Crippen LogP contribution is -2.41. The van der Waals surface area contributed by atoms with Crippen molar-refractivity contribution >= 4 is 17.5 Å². The van der Waals surface area contributed by atoms with E-state index in [1.54, 1.807) is 12.1 Å². The van der Waals surface area contributed by atoms with Crippen molar-refractivity contribution in [3.05, 3.63) is 65.2 Å². The highest BCUT2D eigenvalue weighted by Gasteiger charge is 2.30. The van der Waals surface area contributed by atoms with Gasteiger partial charge in [0.2, 0.25) is 5.91 Å². The molecule has 4 nitrogen and oxygen atoms in total. The van der Waals surface area contributed by atoms with Crippen molar-refractivity contribution in [1.29, 1.82) is 0 Å². The second-order valence-electron chi connectivity index (χ2n) is 6.38. The Morgan fingerprint density at radius 2 is 1.88 bits per heavy atom. The normalized spacial score (nSPS) is 15.0. The van der Waals surface area contributed by atoms with E-state index < -0.39 is 0 Å². The third kappa shape index (κ3) is 5.21. The summed E-state index contributed by atoms with van der Waals surface area (Å²) in [5, 5.41) is 3.80. The molecule has 1 aliphatic carbocycles. The molecule has 0 unspecified atom stereocenters. The van der Waals surface area contributed by atoms with Gasteiger partial charge in [-0.25, -0.2) is 0 Å². The molecule has 0 heterocycles. The molecule has 132 valence electrons. The number of carbonyl (C=O) groups is 1. The number of amides is 1. The van der Waals surface area contributed by atoms with Crippen LogP contribution in [0.2, 0.25) is 5.02 Å². The van der Waals surface area contributed by atoms with Crippen molar-refractivity contribution < 1.29 is 9.53 Å². The molecule has 0 radical (unpaired) electrons. The van der Waals surface area contributed by atoms with Crippen LogP contribution in [-0.2, 0) is 4.79 Å². The number of carbonyl (C=O) groups excluding carboxylic acids is 1. The lowest BCUT2D eigenvalue weighted by molar-refractivity contribution is -0.126. The molecule has 1 N–H and O–H groups in total. The molecule has 2 aromatic carbocycles. The summed E-state index contributed by atoms with van der Waals surface area (Å²) < 4.78 is 5.76. The molecule has 0 spiro atoms. The molecule has 1 saturated carbocycles. The molecule has 1 amide bonds. The van der Waals surface area contributed by atoms with Crippen LogP contribution in [0.25, 0.3) is 0 Å². The second kappa shape index (κ2) is 8.37. The van der Waals surface area contributed by atoms with Crippen molar-refractivity contribution in [2.45, 2.75) is 24.9 Å². The van der Waals surface area contributed by atoms with Crippen molar-refractivity contribution in [3.63, 3.8) is 0 Å². The van der Waals surface area contributed by atoms with Crippen LogP contribution >= 0.6 is 11.6 Å². The predicted octanol–water partition coefficient (Wildman–Crippen LogP) is 3.67. The van der Waals surface area contributed by atoms with Gasteiger partial charge in [0.25, 0.3) is 0 Å². The fraction of sp³-hybridized carbons (Fsp3) is 0.350. The summed E-state index contributed by atoms with van der Waals surface area (Å²) in [6.07, 6.45) is 2.16. The zero-order chi connectivity index (χ0) is 17.6. The average Bonchev–Trinajstić information content (AvgIpc) is 3.42. The number of ether oxygens (including phenoxy) is 1. The van der Waals surface area contributed by atoms with E-state index in [1.807, 2.05) is 54.4 Å². The van der Waals surface area contributed by atoms with Crippen molar-refractivity contribution in [2.75, 3.05) is 20.2 Å². The summed E-state index contributed by atoms with van der Waals surface area (Å²) in [7, 11) is 1.95. The molecule has 1 atom stereocenters. The van der Waals surface area contributed by atoms with Crippen LogP contribution < -0.4 is 10.1 Å². The van der Waals surface area contributed by atoms with E-state index in [9.17, 15) is 4.79 Å². The summed E-state index contributed by atoms with van der Waals surface area (Å²) in [6.45, 7) is 1.14. The monoisotopic (exact) mass is 358 g/mol. The maximum Gasteiger partial charge on any atom is 0.242 e. The molecule has 1 aliphatic rings. The smallest absolute Gasteiger partial charge is 0.242 e. The molecule has 5 heteroatoms. The number of hydrogen-bond donors (Lipinski definition) is 1. The molecule has 1 fully saturated rings. The van der Waals surface area contributed by atoms with Crippen LogP contribution in [-0.4, -0.2) is 37.0 Å². The Kier molecular flexibility index (Phi) is 5.95. The molecule has 3 rings (SSSR count). The minimum atomic E-state index is -0.310. The molecule has 0 saturated heterocycles. The first-order valence-corrected chi connectivity index (χ1v) is 8.95. The van der Waals surface area contributed by atoms with Crippen LogP contribution in [0.4, 0.5) is 0 Å². The van der Waals surface area contributed by atoms with Crippen molar-refractivity contribution in [2.24, 2.45) is 0 Å². The van der Waals surface area contributed by atoms with Gasteiger partial charge in [0.1, 0.15) is 18.4 Å². The minimum absolute atomic E-state index is 0.0580. The van der Waals surface area contributed by atoms with Crippen LogP contribution in [0.15, 0.2) is 54.6 Å². The summed E-state index contributed by atoms with van der Waals surface area (Å²) in [5.74, 6) is 0.833. The van der Waals surface area contributed by atoms with E-state index in [0.29, 0.717) is 24.2 Å². The van der Waals surface area contributed by atoms with Crippen LogP contribution in [0, 0.1) is 0 Å². The Morgan fingerprint density at radius 1 is 1.20 bits per heavy atom. The van der Waals surface area contributed by atoms with Gasteiger partial charge < -0.3 is 10.1 Å². The predicted molar refractivity (Wildman–Crippen MR) is 99.9 cm³/mol. The van der Waals surface area contributed by atoms with Gasteiger partial charge in [-0.2, -0.15) is 0 Å². The SMILES string of the molecule is CN(CCOc1ccc(Cl)cc1)[C@@H](C(=O)NC1CC1)c1ccccc1. The third-order valence-corrected chi connectivity index (χ3v) is 4.51. The van der Waals surface area contributed by atoms with Gasteiger partial charge in [0.15, 0.2) is 0 Å². The standard InChI is InChI=1S/C20H23ClN2O2/c1-23(13-14-25-18-11-7-16(21)8-12-18)19(15-5-3-2-4-6-15)20(24)22-17-9-10-17/h2-8,11-12,17,19H,9-10,13-14H2,1H3,(H,22,24)/t19-/m1/s1. The number of rotatable bonds is 8. The first-order valence-electron chi connectivity index (χ1n) is 8.57. The lowest BCUT2D eigenvalue weighted by Gasteiger charge is -2.27. The Bertz CT molecular complexity index is 687. The number of likely N-dealkylation sites (N-methyl/N-ethyl adjacent to an activating group) is 1. The average molecular weight is 359 g/mol. The van der Waals surface area contributed by atoms with Gasteiger partial charge in [-0.05, 0) is 49.7 Å². The first-order chi connectivity index (χ1) is 12.1. The summed E-state index contributed by atoms with van der Waals surface area (Å²) in [6, 6.07) is 17.2. The van der Waals surface area contributed by atoms with Gasteiger partial charge in [-0.3, -0.25) is 9.69 Å². The van der Waals surface area contributed by atoms with E-state index in [-0.39, 0.29) is 11.9 Å². The number of hydrogen-bond acceptors (Lipinski definition) is 3. The molecule has 0 aromatic heterocycles.